The van der Waals surface area contributed by atoms with Gasteiger partial charge in [-0.1, -0.05) is 48.5 Å². The van der Waals surface area contributed by atoms with Crippen LogP contribution in [0.2, 0.25) is 0 Å². The van der Waals surface area contributed by atoms with E-state index >= 15 is 0 Å². The average molecular weight is 588 g/mol. The maximum Gasteiger partial charge on any atom is 0.490 e. The molecule has 0 radical (unpaired) electrons. The van der Waals surface area contributed by atoms with Crippen LogP contribution in [0.5, 0.6) is 11.5 Å². The van der Waals surface area contributed by atoms with Crippen molar-refractivity contribution in [2.24, 2.45) is 0 Å². The summed E-state index contributed by atoms with van der Waals surface area (Å²) >= 11 is 0. The fraction of sp³-hybridized carbons (Fsp3) is 0.152. The lowest BCUT2D eigenvalue weighted by Crippen LogP contribution is -2.21. The molecule has 0 unspecified atom stereocenters. The van der Waals surface area contributed by atoms with Crippen LogP contribution in [0.1, 0.15) is 16.7 Å². The number of carbonyl (C=O) groups is 1. The number of fused-ring (bicyclic) bond motifs is 2. The molecule has 0 bridgehead atoms. The van der Waals surface area contributed by atoms with E-state index in [0.717, 1.165) is 47.7 Å². The fourth-order valence-electron chi connectivity index (χ4n) is 4.51. The molecule has 1 aliphatic heterocycles. The molecular weight excluding hydrogens is 559 g/mol. The van der Waals surface area contributed by atoms with Gasteiger partial charge in [0.2, 0.25) is 6.79 Å². The molecule has 0 fully saturated rings. The molecule has 4 aromatic carbocycles. The molecule has 1 aromatic heterocycles. The van der Waals surface area contributed by atoms with Gasteiger partial charge in [0.05, 0.1) is 5.52 Å². The van der Waals surface area contributed by atoms with Crippen molar-refractivity contribution in [2.45, 2.75) is 25.8 Å². The smallest absolute Gasteiger partial charge is 0.475 e. The summed E-state index contributed by atoms with van der Waals surface area (Å²) < 4.78 is 42.6. The Bertz CT molecular complexity index is 1730. The quantitative estimate of drug-likeness (QED) is 0.177. The highest BCUT2D eigenvalue weighted by Crippen LogP contribution is 2.32. The van der Waals surface area contributed by atoms with Crippen LogP contribution in [0.4, 0.5) is 18.9 Å². The van der Waals surface area contributed by atoms with Crippen molar-refractivity contribution in [3.63, 3.8) is 0 Å². The third-order valence-corrected chi connectivity index (χ3v) is 6.62. The number of nitrogens with one attached hydrogen (secondary N) is 2. The standard InChI is InChI=1S/C31H27N3O2.C2HF3O2/c1-4-22(18-32-19-24-9-12-30-31(16-24)36-21-35-30)14-25(6-1)26-7-2-5-23(15-26)20-34-28-10-11-29-27(17-28)8-3-13-33-29;3-2(4,5)1(6)7/h1-17,32,34H,18-21H2;(H,6,7). The van der Waals surface area contributed by atoms with Crippen molar-refractivity contribution < 1.29 is 32.5 Å². The number of anilines is 1. The normalized spacial score (nSPS) is 12.0. The second-order valence-electron chi connectivity index (χ2n) is 9.76. The van der Waals surface area contributed by atoms with Gasteiger partial charge < -0.3 is 25.2 Å². The minimum atomic E-state index is -5.08. The van der Waals surface area contributed by atoms with Gasteiger partial charge in [0.1, 0.15) is 0 Å². The number of hydrogen-bond acceptors (Lipinski definition) is 6. The van der Waals surface area contributed by atoms with E-state index in [1.807, 2.05) is 24.4 Å². The molecule has 2 heterocycles. The van der Waals surface area contributed by atoms with Gasteiger partial charge in [0.25, 0.3) is 0 Å². The van der Waals surface area contributed by atoms with Crippen molar-refractivity contribution in [1.29, 1.82) is 0 Å². The Labute approximate surface area is 245 Å². The van der Waals surface area contributed by atoms with E-state index in [9.17, 15) is 13.2 Å². The summed E-state index contributed by atoms with van der Waals surface area (Å²) in [7, 11) is 0. The number of alkyl halides is 3. The molecule has 7 nitrogen and oxygen atoms in total. The van der Waals surface area contributed by atoms with Crippen molar-refractivity contribution in [2.75, 3.05) is 12.1 Å². The van der Waals surface area contributed by atoms with E-state index in [1.54, 1.807) is 0 Å². The number of nitrogens with zero attached hydrogens (tertiary/aromatic N) is 1. The molecule has 0 amide bonds. The van der Waals surface area contributed by atoms with Gasteiger partial charge in [0, 0.05) is 36.9 Å². The van der Waals surface area contributed by atoms with Crippen LogP contribution in [-0.2, 0) is 24.4 Å². The zero-order valence-corrected chi connectivity index (χ0v) is 22.9. The molecule has 3 N–H and O–H groups in total. The van der Waals surface area contributed by atoms with Gasteiger partial charge >= 0.3 is 12.1 Å². The summed E-state index contributed by atoms with van der Waals surface area (Å²) in [6.45, 7) is 2.63. The van der Waals surface area contributed by atoms with Crippen molar-refractivity contribution in [1.82, 2.24) is 10.3 Å². The lowest BCUT2D eigenvalue weighted by atomic mass is 10.0. The molecule has 0 atom stereocenters. The number of carboxylic acid groups (broad SMARTS) is 1. The van der Waals surface area contributed by atoms with E-state index < -0.39 is 12.1 Å². The summed E-state index contributed by atoms with van der Waals surface area (Å²) in [6.07, 6.45) is -3.26. The van der Waals surface area contributed by atoms with Crippen molar-refractivity contribution in [3.05, 3.63) is 120 Å². The fourth-order valence-corrected chi connectivity index (χ4v) is 4.51. The number of aliphatic carboxylic acids is 1. The largest absolute Gasteiger partial charge is 0.490 e. The Kier molecular flexibility index (Phi) is 9.07. The van der Waals surface area contributed by atoms with Crippen molar-refractivity contribution in [3.8, 4) is 22.6 Å². The summed E-state index contributed by atoms with van der Waals surface area (Å²) in [5.74, 6) is -1.12. The minimum Gasteiger partial charge on any atom is -0.475 e. The SMILES string of the molecule is O=C(O)C(F)(F)F.c1cc(CNCc2ccc3c(c2)OCO3)cc(-c2cccc(CNc3ccc4ncccc4c3)c2)c1. The monoisotopic (exact) mass is 587 g/mol. The van der Waals surface area contributed by atoms with Crippen LogP contribution in [0, 0.1) is 0 Å². The number of aromatic nitrogens is 1. The molecule has 0 spiro atoms. The van der Waals surface area contributed by atoms with Crippen molar-refractivity contribution >= 4 is 22.6 Å². The zero-order chi connectivity index (χ0) is 30.2. The highest BCUT2D eigenvalue weighted by Gasteiger charge is 2.38. The van der Waals surface area contributed by atoms with Gasteiger partial charge in [-0.2, -0.15) is 13.2 Å². The first-order chi connectivity index (χ1) is 20.7. The molecule has 43 heavy (non-hydrogen) atoms. The number of carboxylic acids is 1. The topological polar surface area (TPSA) is 92.7 Å². The summed E-state index contributed by atoms with van der Waals surface area (Å²) in [5, 5.41) is 15.4. The number of ether oxygens (including phenoxy) is 2. The van der Waals surface area contributed by atoms with Crippen LogP contribution >= 0.6 is 0 Å². The van der Waals surface area contributed by atoms with E-state index in [0.29, 0.717) is 6.79 Å². The van der Waals surface area contributed by atoms with Crippen LogP contribution < -0.4 is 20.1 Å². The molecule has 10 heteroatoms. The van der Waals surface area contributed by atoms with Gasteiger partial charge in [-0.05, 0) is 76.3 Å². The predicted octanol–water partition coefficient (Wildman–Crippen LogP) is 7.17. The predicted molar refractivity (Wildman–Crippen MR) is 158 cm³/mol. The van der Waals surface area contributed by atoms with E-state index in [-0.39, 0.29) is 0 Å². The van der Waals surface area contributed by atoms with Gasteiger partial charge in [-0.3, -0.25) is 4.98 Å². The number of rotatable bonds is 8. The van der Waals surface area contributed by atoms with E-state index in [4.69, 9.17) is 19.4 Å². The number of hydrogen-bond donors (Lipinski definition) is 3. The zero-order valence-electron chi connectivity index (χ0n) is 22.9. The highest BCUT2D eigenvalue weighted by molar-refractivity contribution is 5.82. The lowest BCUT2D eigenvalue weighted by molar-refractivity contribution is -0.192. The highest BCUT2D eigenvalue weighted by atomic mass is 19.4. The Balaban J connectivity index is 0.000000472. The van der Waals surface area contributed by atoms with Crippen LogP contribution in [0.15, 0.2) is 103 Å². The number of benzene rings is 4. The Morgan fingerprint density at radius 2 is 1.42 bits per heavy atom. The Morgan fingerprint density at radius 1 is 0.767 bits per heavy atom. The Hall–Kier alpha value is -5.09. The molecule has 1 aliphatic rings. The van der Waals surface area contributed by atoms with Gasteiger partial charge in [-0.15, -0.1) is 0 Å². The third-order valence-electron chi connectivity index (χ3n) is 6.62. The number of halogens is 3. The first-order valence-corrected chi connectivity index (χ1v) is 13.4. The lowest BCUT2D eigenvalue weighted by Gasteiger charge is -2.11. The second kappa shape index (κ2) is 13.3. The molecule has 0 saturated heterocycles. The molecule has 0 saturated carbocycles. The molecular formula is C33H28F3N3O4. The van der Waals surface area contributed by atoms with Crippen LogP contribution in [0.3, 0.4) is 0 Å². The van der Waals surface area contributed by atoms with E-state index in [2.05, 4.69) is 94.5 Å². The maximum absolute atomic E-state index is 10.6. The minimum absolute atomic E-state index is 0.303. The second-order valence-corrected chi connectivity index (χ2v) is 9.76. The Morgan fingerprint density at radius 3 is 2.12 bits per heavy atom. The summed E-state index contributed by atoms with van der Waals surface area (Å²) in [6, 6.07) is 33.9. The maximum atomic E-state index is 10.6. The molecule has 6 rings (SSSR count). The van der Waals surface area contributed by atoms with Crippen LogP contribution in [0.25, 0.3) is 22.0 Å². The first kappa shape index (κ1) is 29.4. The summed E-state index contributed by atoms with van der Waals surface area (Å²) in [5.41, 5.74) is 8.21. The molecule has 5 aromatic rings. The third kappa shape index (κ3) is 8.02. The summed E-state index contributed by atoms with van der Waals surface area (Å²) in [4.78, 5) is 13.3. The van der Waals surface area contributed by atoms with Crippen LogP contribution in [-0.4, -0.2) is 29.0 Å². The van der Waals surface area contributed by atoms with Gasteiger partial charge in [-0.25, -0.2) is 4.79 Å². The number of pyridine rings is 1. The molecule has 220 valence electrons. The van der Waals surface area contributed by atoms with Gasteiger partial charge in [0.15, 0.2) is 11.5 Å². The van der Waals surface area contributed by atoms with E-state index in [1.165, 1.54) is 27.8 Å². The first-order valence-electron chi connectivity index (χ1n) is 13.4. The molecule has 0 aliphatic carbocycles. The average Bonchev–Trinajstić information content (AvgIpc) is 3.48.